The molecular weight excluding hydrogens is 454 g/mol. The highest BCUT2D eigenvalue weighted by Crippen LogP contribution is 2.46. The highest BCUT2D eigenvalue weighted by atomic mass is 16.6. The minimum atomic E-state index is -0.598. The molecule has 2 aliphatic rings. The largest absolute Gasteiger partial charge is 0.441 e. The third kappa shape index (κ3) is 4.36. The fourth-order valence-corrected chi connectivity index (χ4v) is 5.55. The summed E-state index contributed by atoms with van der Waals surface area (Å²) in [6, 6.07) is 13.7. The van der Waals surface area contributed by atoms with Crippen LogP contribution in [0.25, 0.3) is 11.4 Å². The van der Waals surface area contributed by atoms with Crippen molar-refractivity contribution in [2.75, 3.05) is 5.73 Å². The Bertz CT molecular complexity index is 1290. The summed E-state index contributed by atoms with van der Waals surface area (Å²) >= 11 is 0. The van der Waals surface area contributed by atoms with E-state index in [4.69, 9.17) is 21.6 Å². The monoisotopic (exact) mass is 485 g/mol. The van der Waals surface area contributed by atoms with Crippen LogP contribution in [0.15, 0.2) is 54.9 Å². The standard InChI is InChI=1S/C27H31N7O2/c1-27(2)22(17-6-4-3-5-7-17)34(26(35)36-27)19-10-8-16(9-11-19)18-14-20(24(30)32-15-18)25-31-13-12-21(33-25)23(28)29/h3-7,12-16,19,22H,8-11H2,1-2H3,(H3,28,29)(H2,30,32)/t16?,19?,22-/m0/s1. The van der Waals surface area contributed by atoms with Crippen LogP contribution in [0.5, 0.6) is 0 Å². The number of nitrogens with two attached hydrogens (primary N) is 2. The highest BCUT2D eigenvalue weighted by Gasteiger charge is 2.51. The van der Waals surface area contributed by atoms with Gasteiger partial charge in [0.05, 0.1) is 11.6 Å². The third-order valence-corrected chi connectivity index (χ3v) is 7.29. The van der Waals surface area contributed by atoms with Crippen molar-refractivity contribution in [2.24, 2.45) is 5.73 Å². The topological polar surface area (TPSA) is 144 Å². The minimum absolute atomic E-state index is 0.109. The van der Waals surface area contributed by atoms with Gasteiger partial charge in [-0.15, -0.1) is 0 Å². The van der Waals surface area contributed by atoms with Crippen LogP contribution in [-0.2, 0) is 4.74 Å². The number of amides is 1. The van der Waals surface area contributed by atoms with Crippen molar-refractivity contribution < 1.29 is 9.53 Å². The lowest BCUT2D eigenvalue weighted by Crippen LogP contribution is -2.42. The molecule has 1 aliphatic carbocycles. The number of nitrogens with one attached hydrogen (secondary N) is 1. The minimum Gasteiger partial charge on any atom is -0.441 e. The lowest BCUT2D eigenvalue weighted by atomic mass is 9.80. The molecule has 1 amide bonds. The molecule has 1 aromatic carbocycles. The van der Waals surface area contributed by atoms with Crippen LogP contribution < -0.4 is 11.5 Å². The number of carbonyl (C=O) groups excluding carboxylic acids is 1. The van der Waals surface area contributed by atoms with Crippen LogP contribution >= 0.6 is 0 Å². The summed E-state index contributed by atoms with van der Waals surface area (Å²) in [6.07, 6.45) is 6.71. The normalized spacial score (nSPS) is 23.3. The maximum atomic E-state index is 13.0. The van der Waals surface area contributed by atoms with E-state index in [1.165, 1.54) is 0 Å². The van der Waals surface area contributed by atoms with E-state index < -0.39 is 5.60 Å². The molecule has 186 valence electrons. The second kappa shape index (κ2) is 9.22. The van der Waals surface area contributed by atoms with Crippen LogP contribution in [0.3, 0.4) is 0 Å². The van der Waals surface area contributed by atoms with E-state index in [1.807, 2.05) is 49.2 Å². The van der Waals surface area contributed by atoms with Crippen molar-refractivity contribution >= 4 is 17.7 Å². The Morgan fingerprint density at radius 2 is 1.81 bits per heavy atom. The van der Waals surface area contributed by atoms with Gasteiger partial charge >= 0.3 is 6.09 Å². The quantitative estimate of drug-likeness (QED) is 0.359. The first-order valence-corrected chi connectivity index (χ1v) is 12.2. The average Bonchev–Trinajstić information content (AvgIpc) is 3.13. The molecule has 1 aliphatic heterocycles. The van der Waals surface area contributed by atoms with Crippen molar-refractivity contribution in [3.8, 4) is 11.4 Å². The second-order valence-electron chi connectivity index (χ2n) is 10.1. The molecule has 0 spiro atoms. The zero-order chi connectivity index (χ0) is 25.4. The van der Waals surface area contributed by atoms with Gasteiger partial charge in [0.15, 0.2) is 5.82 Å². The molecule has 0 unspecified atom stereocenters. The van der Waals surface area contributed by atoms with Gasteiger partial charge < -0.3 is 16.2 Å². The SMILES string of the molecule is CC1(C)OC(=O)N(C2CCC(c3cnc(N)c(-c4nccc(C(=N)N)n4)c3)CC2)[C@H]1c1ccccc1. The molecule has 3 heterocycles. The van der Waals surface area contributed by atoms with E-state index in [2.05, 4.69) is 27.1 Å². The molecule has 5 rings (SSSR count). The zero-order valence-electron chi connectivity index (χ0n) is 20.5. The number of hydrogen-bond acceptors (Lipinski definition) is 7. The summed E-state index contributed by atoms with van der Waals surface area (Å²) in [6.45, 7) is 3.97. The van der Waals surface area contributed by atoms with Crippen LogP contribution in [0.1, 0.15) is 68.3 Å². The van der Waals surface area contributed by atoms with Crippen LogP contribution in [0.4, 0.5) is 10.6 Å². The van der Waals surface area contributed by atoms with E-state index in [9.17, 15) is 4.79 Å². The Balaban J connectivity index is 1.35. The summed E-state index contributed by atoms with van der Waals surface area (Å²) in [4.78, 5) is 28.0. The molecule has 1 saturated heterocycles. The third-order valence-electron chi connectivity index (χ3n) is 7.29. The van der Waals surface area contributed by atoms with Crippen LogP contribution in [0, 0.1) is 5.41 Å². The zero-order valence-corrected chi connectivity index (χ0v) is 20.5. The molecule has 9 heteroatoms. The van der Waals surface area contributed by atoms with Gasteiger partial charge in [-0.3, -0.25) is 10.3 Å². The van der Waals surface area contributed by atoms with Crippen LogP contribution in [-0.4, -0.2) is 43.4 Å². The fourth-order valence-electron chi connectivity index (χ4n) is 5.55. The molecule has 2 fully saturated rings. The Labute approximate surface area is 210 Å². The average molecular weight is 486 g/mol. The first kappa shape index (κ1) is 23.7. The number of pyridine rings is 1. The van der Waals surface area contributed by atoms with E-state index >= 15 is 0 Å². The second-order valence-corrected chi connectivity index (χ2v) is 10.1. The predicted octanol–water partition coefficient (Wildman–Crippen LogP) is 4.40. The van der Waals surface area contributed by atoms with Gasteiger partial charge in [-0.1, -0.05) is 30.3 Å². The van der Waals surface area contributed by atoms with Crippen molar-refractivity contribution in [2.45, 2.75) is 63.1 Å². The lowest BCUT2D eigenvalue weighted by Gasteiger charge is -2.38. The summed E-state index contributed by atoms with van der Waals surface area (Å²) < 4.78 is 5.82. The first-order chi connectivity index (χ1) is 17.2. The first-order valence-electron chi connectivity index (χ1n) is 12.2. The number of rotatable bonds is 5. The van der Waals surface area contributed by atoms with Crippen molar-refractivity contribution in [3.05, 3.63) is 71.7 Å². The summed E-state index contributed by atoms with van der Waals surface area (Å²) in [5.41, 5.74) is 14.3. The van der Waals surface area contributed by atoms with Crippen LogP contribution in [0.2, 0.25) is 0 Å². The lowest BCUT2D eigenvalue weighted by molar-refractivity contribution is 0.0664. The Morgan fingerprint density at radius 1 is 1.08 bits per heavy atom. The van der Waals surface area contributed by atoms with E-state index in [-0.39, 0.29) is 29.9 Å². The molecular formula is C27H31N7O2. The van der Waals surface area contributed by atoms with E-state index in [0.717, 1.165) is 36.8 Å². The molecule has 9 nitrogen and oxygen atoms in total. The summed E-state index contributed by atoms with van der Waals surface area (Å²) in [7, 11) is 0. The number of aromatic nitrogens is 3. The molecule has 0 radical (unpaired) electrons. The number of ether oxygens (including phenoxy) is 1. The number of cyclic esters (lactones) is 1. The summed E-state index contributed by atoms with van der Waals surface area (Å²) in [5.74, 6) is 0.889. The maximum absolute atomic E-state index is 13.0. The van der Waals surface area contributed by atoms with E-state index in [1.54, 1.807) is 12.3 Å². The number of benzene rings is 1. The molecule has 2 aromatic heterocycles. The predicted molar refractivity (Wildman–Crippen MR) is 137 cm³/mol. The number of nitrogen functional groups attached to an aromatic ring is 2. The van der Waals surface area contributed by atoms with Gasteiger partial charge in [-0.25, -0.2) is 19.7 Å². The molecule has 1 saturated carbocycles. The molecule has 5 N–H and O–H groups in total. The smallest absolute Gasteiger partial charge is 0.411 e. The van der Waals surface area contributed by atoms with Gasteiger partial charge in [-0.05, 0) is 68.7 Å². The van der Waals surface area contributed by atoms with Crippen molar-refractivity contribution in [3.63, 3.8) is 0 Å². The van der Waals surface area contributed by atoms with Gasteiger partial charge in [-0.2, -0.15) is 0 Å². The number of anilines is 1. The number of hydrogen-bond donors (Lipinski definition) is 3. The molecule has 0 bridgehead atoms. The number of nitrogens with zero attached hydrogens (tertiary/aromatic N) is 4. The van der Waals surface area contributed by atoms with Gasteiger partial charge in [0, 0.05) is 18.4 Å². The highest BCUT2D eigenvalue weighted by molar-refractivity contribution is 5.93. The van der Waals surface area contributed by atoms with Gasteiger partial charge in [0.25, 0.3) is 0 Å². The Hall–Kier alpha value is -4.01. The Kier molecular flexibility index (Phi) is 6.07. The number of carbonyl (C=O) groups is 1. The van der Waals surface area contributed by atoms with Crippen molar-refractivity contribution in [1.82, 2.24) is 19.9 Å². The van der Waals surface area contributed by atoms with Gasteiger partial charge in [0.2, 0.25) is 0 Å². The van der Waals surface area contributed by atoms with Gasteiger partial charge in [0.1, 0.15) is 22.9 Å². The molecule has 3 aromatic rings. The van der Waals surface area contributed by atoms with Crippen molar-refractivity contribution in [1.29, 1.82) is 5.41 Å². The summed E-state index contributed by atoms with van der Waals surface area (Å²) in [5, 5.41) is 7.65. The molecule has 1 atom stereocenters. The van der Waals surface area contributed by atoms with E-state index in [0.29, 0.717) is 22.9 Å². The maximum Gasteiger partial charge on any atom is 0.411 e. The fraction of sp³-hybridized carbons (Fsp3) is 0.370. The molecule has 36 heavy (non-hydrogen) atoms. The Morgan fingerprint density at radius 3 is 2.50 bits per heavy atom. The number of amidine groups is 1.